The maximum absolute atomic E-state index is 11.5. The van der Waals surface area contributed by atoms with Crippen LogP contribution in [-0.4, -0.2) is 25.2 Å². The van der Waals surface area contributed by atoms with Crippen LogP contribution in [0.4, 0.5) is 5.69 Å². The van der Waals surface area contributed by atoms with E-state index in [0.717, 1.165) is 43.5 Å². The standard InChI is InChI=1S/C15H19NO2/c1-2-15(18)13-3-5-14(6-4-13)16-9-7-12(11-17)8-10-16/h3-6,11-12H,2,7-10H2,1H3. The summed E-state index contributed by atoms with van der Waals surface area (Å²) in [6, 6.07) is 7.80. The number of hydrogen-bond donors (Lipinski definition) is 0. The van der Waals surface area contributed by atoms with Crippen molar-refractivity contribution >= 4 is 17.8 Å². The highest BCUT2D eigenvalue weighted by Gasteiger charge is 2.18. The normalized spacial score (nSPS) is 16.6. The van der Waals surface area contributed by atoms with Crippen molar-refractivity contribution < 1.29 is 9.59 Å². The van der Waals surface area contributed by atoms with E-state index in [0.29, 0.717) is 6.42 Å². The van der Waals surface area contributed by atoms with Gasteiger partial charge in [0.05, 0.1) is 0 Å². The fourth-order valence-electron chi connectivity index (χ4n) is 2.36. The fourth-order valence-corrected chi connectivity index (χ4v) is 2.36. The van der Waals surface area contributed by atoms with Gasteiger partial charge in [0, 0.05) is 36.7 Å². The SMILES string of the molecule is CCC(=O)c1ccc(N2CCC(C=O)CC2)cc1. The molecule has 1 aromatic carbocycles. The summed E-state index contributed by atoms with van der Waals surface area (Å²) in [7, 11) is 0. The van der Waals surface area contributed by atoms with Crippen LogP contribution in [0.3, 0.4) is 0 Å². The minimum absolute atomic E-state index is 0.182. The van der Waals surface area contributed by atoms with Gasteiger partial charge in [-0.2, -0.15) is 0 Å². The monoisotopic (exact) mass is 245 g/mol. The molecule has 1 heterocycles. The third-order valence-electron chi connectivity index (χ3n) is 3.61. The molecule has 1 aliphatic heterocycles. The number of carbonyl (C=O) groups is 2. The number of anilines is 1. The average molecular weight is 245 g/mol. The Kier molecular flexibility index (Phi) is 4.13. The van der Waals surface area contributed by atoms with Crippen LogP contribution in [-0.2, 0) is 4.79 Å². The van der Waals surface area contributed by atoms with Crippen molar-refractivity contribution in [2.75, 3.05) is 18.0 Å². The van der Waals surface area contributed by atoms with E-state index >= 15 is 0 Å². The molecule has 0 amide bonds. The lowest BCUT2D eigenvalue weighted by Gasteiger charge is -2.31. The van der Waals surface area contributed by atoms with Crippen LogP contribution in [0.2, 0.25) is 0 Å². The van der Waals surface area contributed by atoms with Crippen molar-refractivity contribution in [3.63, 3.8) is 0 Å². The van der Waals surface area contributed by atoms with Crippen LogP contribution in [0.5, 0.6) is 0 Å². The zero-order valence-corrected chi connectivity index (χ0v) is 10.8. The smallest absolute Gasteiger partial charge is 0.162 e. The lowest BCUT2D eigenvalue weighted by atomic mass is 9.98. The maximum Gasteiger partial charge on any atom is 0.162 e. The predicted molar refractivity (Wildman–Crippen MR) is 72.1 cm³/mol. The quantitative estimate of drug-likeness (QED) is 0.604. The van der Waals surface area contributed by atoms with Gasteiger partial charge in [0.1, 0.15) is 6.29 Å². The predicted octanol–water partition coefficient (Wildman–Crippen LogP) is 2.69. The van der Waals surface area contributed by atoms with Gasteiger partial charge < -0.3 is 9.69 Å². The van der Waals surface area contributed by atoms with Crippen molar-refractivity contribution in [2.24, 2.45) is 5.92 Å². The highest BCUT2D eigenvalue weighted by atomic mass is 16.1. The summed E-state index contributed by atoms with van der Waals surface area (Å²) in [4.78, 5) is 24.5. The molecular formula is C15H19NO2. The number of Topliss-reactive ketones (excluding diaryl/α,β-unsaturated/α-hetero) is 1. The molecule has 0 N–H and O–H groups in total. The van der Waals surface area contributed by atoms with Gasteiger partial charge in [0.15, 0.2) is 5.78 Å². The molecule has 18 heavy (non-hydrogen) atoms. The fraction of sp³-hybridized carbons (Fsp3) is 0.467. The molecule has 0 saturated carbocycles. The number of carbonyl (C=O) groups excluding carboxylic acids is 2. The third-order valence-corrected chi connectivity index (χ3v) is 3.61. The van der Waals surface area contributed by atoms with E-state index in [-0.39, 0.29) is 11.7 Å². The molecule has 0 unspecified atom stereocenters. The molecule has 1 saturated heterocycles. The van der Waals surface area contributed by atoms with Gasteiger partial charge in [-0.05, 0) is 37.1 Å². The molecule has 0 radical (unpaired) electrons. The summed E-state index contributed by atoms with van der Waals surface area (Å²) in [6.07, 6.45) is 3.47. The number of benzene rings is 1. The van der Waals surface area contributed by atoms with Crippen LogP contribution in [0, 0.1) is 5.92 Å². The Hall–Kier alpha value is -1.64. The Bertz CT molecular complexity index is 417. The van der Waals surface area contributed by atoms with Crippen molar-refractivity contribution in [1.82, 2.24) is 0 Å². The Morgan fingerprint density at radius 3 is 2.39 bits per heavy atom. The molecular weight excluding hydrogens is 226 g/mol. The Labute approximate surface area is 108 Å². The number of hydrogen-bond acceptors (Lipinski definition) is 3. The first-order valence-electron chi connectivity index (χ1n) is 6.58. The number of nitrogens with zero attached hydrogens (tertiary/aromatic N) is 1. The molecule has 0 spiro atoms. The Morgan fingerprint density at radius 2 is 1.89 bits per heavy atom. The molecule has 2 rings (SSSR count). The highest BCUT2D eigenvalue weighted by molar-refractivity contribution is 5.96. The van der Waals surface area contributed by atoms with E-state index in [9.17, 15) is 9.59 Å². The van der Waals surface area contributed by atoms with Crippen molar-refractivity contribution in [3.8, 4) is 0 Å². The van der Waals surface area contributed by atoms with E-state index < -0.39 is 0 Å². The number of rotatable bonds is 4. The lowest BCUT2D eigenvalue weighted by molar-refractivity contribution is -0.111. The van der Waals surface area contributed by atoms with Gasteiger partial charge in [0.2, 0.25) is 0 Å². The Balaban J connectivity index is 2.02. The Morgan fingerprint density at radius 1 is 1.28 bits per heavy atom. The largest absolute Gasteiger partial charge is 0.371 e. The molecule has 1 fully saturated rings. The van der Waals surface area contributed by atoms with Crippen molar-refractivity contribution in [2.45, 2.75) is 26.2 Å². The first-order valence-corrected chi connectivity index (χ1v) is 6.58. The minimum Gasteiger partial charge on any atom is -0.371 e. The van der Waals surface area contributed by atoms with Gasteiger partial charge in [-0.3, -0.25) is 4.79 Å². The topological polar surface area (TPSA) is 37.4 Å². The minimum atomic E-state index is 0.182. The maximum atomic E-state index is 11.5. The second kappa shape index (κ2) is 5.80. The van der Waals surface area contributed by atoms with Crippen LogP contribution >= 0.6 is 0 Å². The van der Waals surface area contributed by atoms with Crippen LogP contribution in [0.15, 0.2) is 24.3 Å². The number of piperidine rings is 1. The molecule has 1 aromatic rings. The summed E-state index contributed by atoms with van der Waals surface area (Å²) < 4.78 is 0. The first kappa shape index (κ1) is 12.8. The molecule has 3 heteroatoms. The molecule has 0 atom stereocenters. The van der Waals surface area contributed by atoms with E-state index in [1.807, 2.05) is 31.2 Å². The molecule has 0 bridgehead atoms. The second-order valence-electron chi connectivity index (χ2n) is 4.78. The number of aldehydes is 1. The van der Waals surface area contributed by atoms with Crippen molar-refractivity contribution in [3.05, 3.63) is 29.8 Å². The second-order valence-corrected chi connectivity index (χ2v) is 4.78. The molecule has 1 aliphatic rings. The summed E-state index contributed by atoms with van der Waals surface area (Å²) >= 11 is 0. The first-order chi connectivity index (χ1) is 8.74. The van der Waals surface area contributed by atoms with Gasteiger partial charge in [-0.1, -0.05) is 6.92 Å². The van der Waals surface area contributed by atoms with Crippen LogP contribution < -0.4 is 4.90 Å². The van der Waals surface area contributed by atoms with Gasteiger partial charge in [-0.25, -0.2) is 0 Å². The van der Waals surface area contributed by atoms with E-state index in [1.165, 1.54) is 0 Å². The highest BCUT2D eigenvalue weighted by Crippen LogP contribution is 2.22. The summed E-state index contributed by atoms with van der Waals surface area (Å²) in [5.74, 6) is 0.406. The molecule has 3 nitrogen and oxygen atoms in total. The molecule has 0 aromatic heterocycles. The van der Waals surface area contributed by atoms with E-state index in [1.54, 1.807) is 0 Å². The summed E-state index contributed by atoms with van der Waals surface area (Å²) in [5.41, 5.74) is 1.93. The summed E-state index contributed by atoms with van der Waals surface area (Å²) in [5, 5.41) is 0. The van der Waals surface area contributed by atoms with Gasteiger partial charge >= 0.3 is 0 Å². The van der Waals surface area contributed by atoms with Crippen LogP contribution in [0.25, 0.3) is 0 Å². The van der Waals surface area contributed by atoms with Gasteiger partial charge in [-0.15, -0.1) is 0 Å². The summed E-state index contributed by atoms with van der Waals surface area (Å²) in [6.45, 7) is 3.72. The zero-order valence-electron chi connectivity index (χ0n) is 10.8. The average Bonchev–Trinajstić information content (AvgIpc) is 2.47. The zero-order chi connectivity index (χ0) is 13.0. The van der Waals surface area contributed by atoms with Crippen LogP contribution in [0.1, 0.15) is 36.5 Å². The third kappa shape index (κ3) is 2.78. The number of ketones is 1. The van der Waals surface area contributed by atoms with E-state index in [4.69, 9.17) is 0 Å². The molecule has 0 aliphatic carbocycles. The van der Waals surface area contributed by atoms with E-state index in [2.05, 4.69) is 4.90 Å². The molecule has 96 valence electrons. The van der Waals surface area contributed by atoms with Crippen molar-refractivity contribution in [1.29, 1.82) is 0 Å². The lowest BCUT2D eigenvalue weighted by Crippen LogP contribution is -2.34. The van der Waals surface area contributed by atoms with Gasteiger partial charge in [0.25, 0.3) is 0 Å².